The van der Waals surface area contributed by atoms with Gasteiger partial charge >= 0.3 is 5.97 Å². The van der Waals surface area contributed by atoms with Gasteiger partial charge in [-0.1, -0.05) is 18.9 Å². The van der Waals surface area contributed by atoms with Crippen molar-refractivity contribution in [3.8, 4) is 0 Å². The van der Waals surface area contributed by atoms with Gasteiger partial charge in [-0.05, 0) is 36.6 Å². The van der Waals surface area contributed by atoms with E-state index < -0.39 is 17.7 Å². The summed E-state index contributed by atoms with van der Waals surface area (Å²) in [4.78, 5) is 22.5. The standard InChI is InChI=1S/C15H16FNO3/c16-13-7-5-10(6-8-14(18)19)9-12(13)15(20)17-11-3-1-2-4-11/h5-9,11H,1-4H2,(H,17,20)(H,18,19). The Balaban J connectivity index is 2.14. The molecule has 0 aliphatic heterocycles. The predicted molar refractivity (Wildman–Crippen MR) is 72.8 cm³/mol. The molecule has 1 amide bonds. The molecule has 5 heteroatoms. The number of nitrogens with one attached hydrogen (secondary N) is 1. The fraction of sp³-hybridized carbons (Fsp3) is 0.333. The van der Waals surface area contributed by atoms with Gasteiger partial charge in [0.25, 0.3) is 5.91 Å². The van der Waals surface area contributed by atoms with E-state index in [1.54, 1.807) is 0 Å². The molecule has 4 nitrogen and oxygen atoms in total. The first-order chi connectivity index (χ1) is 9.56. The van der Waals surface area contributed by atoms with E-state index >= 15 is 0 Å². The highest BCUT2D eigenvalue weighted by atomic mass is 19.1. The maximum absolute atomic E-state index is 13.7. The van der Waals surface area contributed by atoms with Crippen molar-refractivity contribution in [3.63, 3.8) is 0 Å². The van der Waals surface area contributed by atoms with Gasteiger partial charge in [-0.15, -0.1) is 0 Å². The quantitative estimate of drug-likeness (QED) is 0.831. The summed E-state index contributed by atoms with van der Waals surface area (Å²) in [7, 11) is 0. The summed E-state index contributed by atoms with van der Waals surface area (Å²) in [5.41, 5.74) is 0.426. The lowest BCUT2D eigenvalue weighted by Crippen LogP contribution is -2.33. The van der Waals surface area contributed by atoms with Crippen molar-refractivity contribution in [2.45, 2.75) is 31.7 Å². The van der Waals surface area contributed by atoms with Crippen LogP contribution >= 0.6 is 0 Å². The maximum Gasteiger partial charge on any atom is 0.328 e. The topological polar surface area (TPSA) is 66.4 Å². The zero-order valence-electron chi connectivity index (χ0n) is 10.9. The van der Waals surface area contributed by atoms with Crippen molar-refractivity contribution < 1.29 is 19.1 Å². The minimum absolute atomic E-state index is 0.0514. The normalized spacial score (nSPS) is 15.7. The Morgan fingerprint density at radius 3 is 2.65 bits per heavy atom. The molecule has 0 aromatic heterocycles. The van der Waals surface area contributed by atoms with Crippen molar-refractivity contribution in [1.82, 2.24) is 5.32 Å². The van der Waals surface area contributed by atoms with Crippen LogP contribution in [0.25, 0.3) is 6.08 Å². The summed E-state index contributed by atoms with van der Waals surface area (Å²) < 4.78 is 13.7. The summed E-state index contributed by atoms with van der Waals surface area (Å²) in [6.45, 7) is 0. The summed E-state index contributed by atoms with van der Waals surface area (Å²) >= 11 is 0. The van der Waals surface area contributed by atoms with Crippen molar-refractivity contribution in [2.75, 3.05) is 0 Å². The second kappa shape index (κ2) is 6.32. The highest BCUT2D eigenvalue weighted by Crippen LogP contribution is 2.19. The molecule has 2 N–H and O–H groups in total. The van der Waals surface area contributed by atoms with E-state index in [0.29, 0.717) is 5.56 Å². The average molecular weight is 277 g/mol. The minimum atomic E-state index is -1.09. The second-order valence-corrected chi connectivity index (χ2v) is 4.87. The van der Waals surface area contributed by atoms with Gasteiger partial charge in [0.15, 0.2) is 0 Å². The van der Waals surface area contributed by atoms with Crippen LogP contribution in [0.5, 0.6) is 0 Å². The number of hydrogen-bond acceptors (Lipinski definition) is 2. The van der Waals surface area contributed by atoms with E-state index in [2.05, 4.69) is 5.32 Å². The minimum Gasteiger partial charge on any atom is -0.478 e. The Bertz CT molecular complexity index is 548. The summed E-state index contributed by atoms with van der Waals surface area (Å²) in [6.07, 6.45) is 6.28. The lowest BCUT2D eigenvalue weighted by molar-refractivity contribution is -0.131. The Labute approximate surface area is 116 Å². The van der Waals surface area contributed by atoms with E-state index in [1.807, 2.05) is 0 Å². The number of carbonyl (C=O) groups excluding carboxylic acids is 1. The third-order valence-electron chi connectivity index (χ3n) is 3.34. The van der Waals surface area contributed by atoms with Gasteiger partial charge in [-0.2, -0.15) is 0 Å². The number of carbonyl (C=O) groups is 2. The molecule has 106 valence electrons. The van der Waals surface area contributed by atoms with E-state index in [0.717, 1.165) is 31.8 Å². The van der Waals surface area contributed by atoms with E-state index in [1.165, 1.54) is 24.3 Å². The summed E-state index contributed by atoms with van der Waals surface area (Å²) in [6, 6.07) is 4.07. The molecule has 0 atom stereocenters. The first kappa shape index (κ1) is 14.2. The smallest absolute Gasteiger partial charge is 0.328 e. The van der Waals surface area contributed by atoms with Gasteiger partial charge in [0.05, 0.1) is 5.56 Å². The molecular formula is C15H16FNO3. The lowest BCUT2D eigenvalue weighted by atomic mass is 10.1. The number of halogens is 1. The largest absolute Gasteiger partial charge is 0.478 e. The monoisotopic (exact) mass is 277 g/mol. The van der Waals surface area contributed by atoms with Gasteiger partial charge in [-0.25, -0.2) is 9.18 Å². The molecule has 20 heavy (non-hydrogen) atoms. The Morgan fingerprint density at radius 1 is 1.30 bits per heavy atom. The van der Waals surface area contributed by atoms with Crippen LogP contribution in [0.1, 0.15) is 41.6 Å². The number of aliphatic carboxylic acids is 1. The molecule has 1 aromatic rings. The number of amides is 1. The molecule has 1 fully saturated rings. The zero-order chi connectivity index (χ0) is 14.5. The van der Waals surface area contributed by atoms with Crippen LogP contribution in [0.3, 0.4) is 0 Å². The molecule has 2 rings (SSSR count). The Morgan fingerprint density at radius 2 is 2.00 bits per heavy atom. The Hall–Kier alpha value is -2.17. The van der Waals surface area contributed by atoms with Gasteiger partial charge in [-0.3, -0.25) is 4.79 Å². The number of benzene rings is 1. The van der Waals surface area contributed by atoms with Crippen molar-refractivity contribution in [3.05, 3.63) is 41.2 Å². The summed E-state index contributed by atoms with van der Waals surface area (Å²) in [5.74, 6) is -2.14. The number of carboxylic acids is 1. The fourth-order valence-corrected chi connectivity index (χ4v) is 2.32. The number of hydrogen-bond donors (Lipinski definition) is 2. The van der Waals surface area contributed by atoms with Crippen LogP contribution in [0.2, 0.25) is 0 Å². The summed E-state index contributed by atoms with van der Waals surface area (Å²) in [5, 5.41) is 11.4. The van der Waals surface area contributed by atoms with Gasteiger partial charge in [0, 0.05) is 12.1 Å². The average Bonchev–Trinajstić information content (AvgIpc) is 2.90. The number of carboxylic acid groups (broad SMARTS) is 1. The van der Waals surface area contributed by atoms with Crippen LogP contribution < -0.4 is 5.32 Å². The zero-order valence-corrected chi connectivity index (χ0v) is 10.9. The first-order valence-electron chi connectivity index (χ1n) is 6.57. The highest BCUT2D eigenvalue weighted by Gasteiger charge is 2.19. The van der Waals surface area contributed by atoms with Gasteiger partial charge in [0.2, 0.25) is 0 Å². The molecule has 1 aromatic carbocycles. The van der Waals surface area contributed by atoms with E-state index in [4.69, 9.17) is 5.11 Å². The Kier molecular flexibility index (Phi) is 4.50. The van der Waals surface area contributed by atoms with Crippen molar-refractivity contribution >= 4 is 18.0 Å². The first-order valence-corrected chi connectivity index (χ1v) is 6.57. The molecule has 0 bridgehead atoms. The van der Waals surface area contributed by atoms with Crippen LogP contribution in [0.4, 0.5) is 4.39 Å². The van der Waals surface area contributed by atoms with E-state index in [-0.39, 0.29) is 11.6 Å². The molecule has 0 heterocycles. The van der Waals surface area contributed by atoms with E-state index in [9.17, 15) is 14.0 Å². The molecule has 0 spiro atoms. The molecular weight excluding hydrogens is 261 g/mol. The molecule has 0 saturated heterocycles. The van der Waals surface area contributed by atoms with Gasteiger partial charge < -0.3 is 10.4 Å². The number of rotatable bonds is 4. The van der Waals surface area contributed by atoms with Crippen LogP contribution in [-0.2, 0) is 4.79 Å². The van der Waals surface area contributed by atoms with Crippen molar-refractivity contribution in [2.24, 2.45) is 0 Å². The third-order valence-corrected chi connectivity index (χ3v) is 3.34. The molecule has 0 radical (unpaired) electrons. The van der Waals surface area contributed by atoms with Crippen LogP contribution in [0, 0.1) is 5.82 Å². The third kappa shape index (κ3) is 3.66. The van der Waals surface area contributed by atoms with Crippen LogP contribution in [-0.4, -0.2) is 23.0 Å². The SMILES string of the molecule is O=C(O)C=Cc1ccc(F)c(C(=O)NC2CCCC2)c1. The molecule has 1 saturated carbocycles. The maximum atomic E-state index is 13.7. The predicted octanol–water partition coefficient (Wildman–Crippen LogP) is 2.60. The molecule has 1 aliphatic rings. The van der Waals surface area contributed by atoms with Gasteiger partial charge in [0.1, 0.15) is 5.82 Å². The second-order valence-electron chi connectivity index (χ2n) is 4.87. The van der Waals surface area contributed by atoms with Crippen molar-refractivity contribution in [1.29, 1.82) is 0 Å². The highest BCUT2D eigenvalue weighted by molar-refractivity contribution is 5.95. The molecule has 1 aliphatic carbocycles. The lowest BCUT2D eigenvalue weighted by Gasteiger charge is -2.12. The fourth-order valence-electron chi connectivity index (χ4n) is 2.32. The van der Waals surface area contributed by atoms with Crippen LogP contribution in [0.15, 0.2) is 24.3 Å². The molecule has 0 unspecified atom stereocenters.